The van der Waals surface area contributed by atoms with Gasteiger partial charge in [0.05, 0.1) is 18.6 Å². The molecule has 0 aliphatic heterocycles. The number of carbonyl (C=O) groups is 2. The summed E-state index contributed by atoms with van der Waals surface area (Å²) in [4.78, 5) is 23.6. The standard InChI is InChI=1S/C12H13Br2NO3S/c1-12(11(17)18)4-2-3-7(12)15-10(16)6-5-8(13)19-9(6)14/h5,7H,2-4H2,1H3,(H,15,16)(H,17,18). The van der Waals surface area contributed by atoms with E-state index in [0.717, 1.165) is 14.0 Å². The van der Waals surface area contributed by atoms with Crippen LogP contribution in [0, 0.1) is 5.41 Å². The van der Waals surface area contributed by atoms with Crippen molar-refractivity contribution in [1.29, 1.82) is 0 Å². The van der Waals surface area contributed by atoms with Crippen LogP contribution in [0.5, 0.6) is 0 Å². The van der Waals surface area contributed by atoms with Crippen molar-refractivity contribution in [3.05, 3.63) is 19.2 Å². The fraction of sp³-hybridized carbons (Fsp3) is 0.500. The second-order valence-corrected chi connectivity index (χ2v) is 8.63. The molecule has 7 heteroatoms. The molecule has 1 heterocycles. The van der Waals surface area contributed by atoms with Crippen molar-refractivity contribution >= 4 is 55.1 Å². The molecule has 0 aromatic carbocycles. The summed E-state index contributed by atoms with van der Waals surface area (Å²) < 4.78 is 1.60. The Labute approximate surface area is 131 Å². The van der Waals surface area contributed by atoms with Gasteiger partial charge in [0.15, 0.2) is 0 Å². The van der Waals surface area contributed by atoms with Crippen molar-refractivity contribution in [1.82, 2.24) is 5.32 Å². The van der Waals surface area contributed by atoms with Crippen molar-refractivity contribution in [3.8, 4) is 0 Å². The Bertz CT molecular complexity index is 531. The SMILES string of the molecule is CC1(C(=O)O)CCCC1NC(=O)c1cc(Br)sc1Br. The molecule has 1 aliphatic rings. The van der Waals surface area contributed by atoms with E-state index in [0.29, 0.717) is 18.4 Å². The summed E-state index contributed by atoms with van der Waals surface area (Å²) in [7, 11) is 0. The lowest BCUT2D eigenvalue weighted by molar-refractivity contribution is -0.148. The molecule has 2 atom stereocenters. The maximum Gasteiger partial charge on any atom is 0.311 e. The van der Waals surface area contributed by atoms with E-state index < -0.39 is 11.4 Å². The van der Waals surface area contributed by atoms with Gasteiger partial charge >= 0.3 is 5.97 Å². The monoisotopic (exact) mass is 409 g/mol. The van der Waals surface area contributed by atoms with Gasteiger partial charge in [-0.15, -0.1) is 11.3 Å². The summed E-state index contributed by atoms with van der Waals surface area (Å²) in [5.74, 6) is -1.07. The number of hydrogen-bond donors (Lipinski definition) is 2. The van der Waals surface area contributed by atoms with Crippen LogP contribution in [-0.2, 0) is 4.79 Å². The van der Waals surface area contributed by atoms with Crippen molar-refractivity contribution in [2.45, 2.75) is 32.2 Å². The van der Waals surface area contributed by atoms with Crippen molar-refractivity contribution in [2.75, 3.05) is 0 Å². The molecule has 0 saturated heterocycles. The molecule has 1 saturated carbocycles. The molecule has 0 radical (unpaired) electrons. The highest BCUT2D eigenvalue weighted by Gasteiger charge is 2.46. The van der Waals surface area contributed by atoms with Crippen LogP contribution in [0.1, 0.15) is 36.5 Å². The largest absolute Gasteiger partial charge is 0.481 e. The molecular formula is C12H13Br2NO3S. The molecule has 1 aromatic heterocycles. The zero-order valence-electron chi connectivity index (χ0n) is 10.2. The van der Waals surface area contributed by atoms with E-state index in [4.69, 9.17) is 0 Å². The Morgan fingerprint density at radius 3 is 2.74 bits per heavy atom. The van der Waals surface area contributed by atoms with Crippen molar-refractivity contribution < 1.29 is 14.7 Å². The van der Waals surface area contributed by atoms with Crippen LogP contribution in [0.25, 0.3) is 0 Å². The molecule has 0 spiro atoms. The molecule has 1 aliphatic carbocycles. The van der Waals surface area contributed by atoms with Gasteiger partial charge in [-0.25, -0.2) is 0 Å². The van der Waals surface area contributed by atoms with Gasteiger partial charge in [0.2, 0.25) is 0 Å². The Balaban J connectivity index is 2.15. The van der Waals surface area contributed by atoms with Gasteiger partial charge in [0.25, 0.3) is 5.91 Å². The topological polar surface area (TPSA) is 66.4 Å². The summed E-state index contributed by atoms with van der Waals surface area (Å²) in [5, 5.41) is 12.2. The number of halogens is 2. The average Bonchev–Trinajstić information content (AvgIpc) is 2.84. The first-order valence-electron chi connectivity index (χ1n) is 5.83. The molecule has 19 heavy (non-hydrogen) atoms. The van der Waals surface area contributed by atoms with Crippen molar-refractivity contribution in [3.63, 3.8) is 0 Å². The molecule has 4 nitrogen and oxygen atoms in total. The van der Waals surface area contributed by atoms with Crippen LogP contribution >= 0.6 is 43.2 Å². The Morgan fingerprint density at radius 2 is 2.21 bits per heavy atom. The molecule has 1 fully saturated rings. The zero-order valence-corrected chi connectivity index (χ0v) is 14.2. The quantitative estimate of drug-likeness (QED) is 0.799. The maximum absolute atomic E-state index is 12.2. The molecule has 1 aromatic rings. The number of thiophene rings is 1. The number of aliphatic carboxylic acids is 1. The second-order valence-electron chi connectivity index (χ2n) is 4.88. The number of carbonyl (C=O) groups excluding carboxylic acids is 1. The highest BCUT2D eigenvalue weighted by Crippen LogP contribution is 2.39. The van der Waals surface area contributed by atoms with Crippen LogP contribution in [0.3, 0.4) is 0 Å². The smallest absolute Gasteiger partial charge is 0.311 e. The maximum atomic E-state index is 12.2. The number of amides is 1. The molecule has 104 valence electrons. The van der Waals surface area contributed by atoms with Crippen molar-refractivity contribution in [2.24, 2.45) is 5.41 Å². The van der Waals surface area contributed by atoms with E-state index in [-0.39, 0.29) is 11.9 Å². The number of nitrogens with one attached hydrogen (secondary N) is 1. The highest BCUT2D eigenvalue weighted by atomic mass is 79.9. The Hall–Kier alpha value is -0.400. The lowest BCUT2D eigenvalue weighted by atomic mass is 9.85. The molecule has 0 bridgehead atoms. The van der Waals surface area contributed by atoms with E-state index in [1.807, 2.05) is 0 Å². The van der Waals surface area contributed by atoms with Gasteiger partial charge in [0, 0.05) is 6.04 Å². The van der Waals surface area contributed by atoms with Crippen LogP contribution < -0.4 is 5.32 Å². The Morgan fingerprint density at radius 1 is 1.53 bits per heavy atom. The summed E-state index contributed by atoms with van der Waals surface area (Å²) in [5.41, 5.74) is -0.327. The van der Waals surface area contributed by atoms with Crippen LogP contribution in [-0.4, -0.2) is 23.0 Å². The fourth-order valence-corrected chi connectivity index (χ4v) is 5.18. The van der Waals surface area contributed by atoms with Gasteiger partial charge in [-0.1, -0.05) is 6.42 Å². The summed E-state index contributed by atoms with van der Waals surface area (Å²) >= 11 is 8.08. The number of carboxylic acid groups (broad SMARTS) is 1. The minimum Gasteiger partial charge on any atom is -0.481 e. The number of rotatable bonds is 3. The summed E-state index contributed by atoms with van der Waals surface area (Å²) in [6.07, 6.45) is 2.13. The molecule has 2 rings (SSSR count). The van der Waals surface area contributed by atoms with Crippen LogP contribution in [0.2, 0.25) is 0 Å². The average molecular weight is 411 g/mol. The third-order valence-electron chi connectivity index (χ3n) is 3.65. The van der Waals surface area contributed by atoms with Gasteiger partial charge in [-0.05, 0) is 57.7 Å². The predicted molar refractivity (Wildman–Crippen MR) is 80.6 cm³/mol. The first-order valence-corrected chi connectivity index (χ1v) is 8.24. The molecule has 2 N–H and O–H groups in total. The van der Waals surface area contributed by atoms with E-state index in [2.05, 4.69) is 37.2 Å². The fourth-order valence-electron chi connectivity index (χ4n) is 2.38. The van der Waals surface area contributed by atoms with Crippen LogP contribution in [0.4, 0.5) is 0 Å². The minimum absolute atomic E-state index is 0.229. The lowest BCUT2D eigenvalue weighted by Crippen LogP contribution is -2.47. The van der Waals surface area contributed by atoms with Gasteiger partial charge in [0.1, 0.15) is 0 Å². The van der Waals surface area contributed by atoms with Gasteiger partial charge in [-0.2, -0.15) is 0 Å². The van der Waals surface area contributed by atoms with Gasteiger partial charge in [-0.3, -0.25) is 9.59 Å². The lowest BCUT2D eigenvalue weighted by Gasteiger charge is -2.27. The number of hydrogen-bond acceptors (Lipinski definition) is 3. The second kappa shape index (κ2) is 5.54. The predicted octanol–water partition coefficient (Wildman–Crippen LogP) is 3.65. The van der Waals surface area contributed by atoms with E-state index in [1.165, 1.54) is 11.3 Å². The normalized spacial score (nSPS) is 26.4. The summed E-state index contributed by atoms with van der Waals surface area (Å²) in [6, 6.07) is 1.42. The third-order valence-corrected chi connectivity index (χ3v) is 5.99. The molecular weight excluding hydrogens is 398 g/mol. The first-order chi connectivity index (χ1) is 8.84. The third kappa shape index (κ3) is 2.87. The minimum atomic E-state index is -0.866. The van der Waals surface area contributed by atoms with Crippen LogP contribution in [0.15, 0.2) is 13.6 Å². The van der Waals surface area contributed by atoms with E-state index in [9.17, 15) is 14.7 Å². The summed E-state index contributed by atoms with van der Waals surface area (Å²) in [6.45, 7) is 1.70. The zero-order chi connectivity index (χ0) is 14.2. The van der Waals surface area contributed by atoms with E-state index in [1.54, 1.807) is 13.0 Å². The highest BCUT2D eigenvalue weighted by molar-refractivity contribution is 9.12. The molecule has 1 amide bonds. The number of carboxylic acids is 1. The Kier molecular flexibility index (Phi) is 4.37. The van der Waals surface area contributed by atoms with Gasteiger partial charge < -0.3 is 10.4 Å². The van der Waals surface area contributed by atoms with E-state index >= 15 is 0 Å². The first kappa shape index (κ1) is 15.0. The molecule has 2 unspecified atom stereocenters.